The standard InChI is InChI=1S/C15H24FNO/c1-6-9-17-11(2)12-7-8-14(13(16)10-12)18-15(3,4)5/h7-8,10-11,17H,6,9H2,1-5H3. The molecule has 0 heterocycles. The van der Waals surface area contributed by atoms with Gasteiger partial charge in [-0.1, -0.05) is 13.0 Å². The van der Waals surface area contributed by atoms with Crippen LogP contribution in [0.1, 0.15) is 52.6 Å². The average Bonchev–Trinajstić information content (AvgIpc) is 2.27. The Bertz CT molecular complexity index is 385. The van der Waals surface area contributed by atoms with Crippen molar-refractivity contribution in [1.82, 2.24) is 5.32 Å². The van der Waals surface area contributed by atoms with Crippen LogP contribution in [0.4, 0.5) is 4.39 Å². The van der Waals surface area contributed by atoms with E-state index in [1.165, 1.54) is 0 Å². The van der Waals surface area contributed by atoms with Crippen LogP contribution in [0, 0.1) is 5.82 Å². The van der Waals surface area contributed by atoms with E-state index in [0.717, 1.165) is 18.5 Å². The van der Waals surface area contributed by atoms with E-state index in [2.05, 4.69) is 12.2 Å². The first-order chi connectivity index (χ1) is 8.33. The lowest BCUT2D eigenvalue weighted by atomic mass is 10.1. The summed E-state index contributed by atoms with van der Waals surface area (Å²) >= 11 is 0. The van der Waals surface area contributed by atoms with Gasteiger partial charge in [0.05, 0.1) is 0 Å². The first kappa shape index (κ1) is 15.0. The summed E-state index contributed by atoms with van der Waals surface area (Å²) in [6.07, 6.45) is 1.07. The van der Waals surface area contributed by atoms with Crippen molar-refractivity contribution < 1.29 is 9.13 Å². The van der Waals surface area contributed by atoms with Gasteiger partial charge in [0.1, 0.15) is 5.60 Å². The zero-order valence-electron chi connectivity index (χ0n) is 12.0. The summed E-state index contributed by atoms with van der Waals surface area (Å²) in [5.41, 5.74) is 0.566. The predicted molar refractivity (Wildman–Crippen MR) is 73.5 cm³/mol. The normalized spacial score (nSPS) is 13.4. The van der Waals surface area contributed by atoms with E-state index in [4.69, 9.17) is 4.74 Å². The molecule has 1 rings (SSSR count). The molecule has 3 heteroatoms. The van der Waals surface area contributed by atoms with E-state index < -0.39 is 0 Å². The molecule has 2 nitrogen and oxygen atoms in total. The Morgan fingerprint density at radius 2 is 2.00 bits per heavy atom. The van der Waals surface area contributed by atoms with E-state index >= 15 is 0 Å². The van der Waals surface area contributed by atoms with Crippen molar-refractivity contribution in [3.05, 3.63) is 29.6 Å². The molecule has 18 heavy (non-hydrogen) atoms. The van der Waals surface area contributed by atoms with Gasteiger partial charge in [0, 0.05) is 6.04 Å². The number of ether oxygens (including phenoxy) is 1. The number of hydrogen-bond acceptors (Lipinski definition) is 2. The summed E-state index contributed by atoms with van der Waals surface area (Å²) in [6, 6.07) is 5.33. The monoisotopic (exact) mass is 253 g/mol. The minimum atomic E-state index is -0.381. The second-order valence-electron chi connectivity index (χ2n) is 5.58. The fourth-order valence-electron chi connectivity index (χ4n) is 1.68. The molecule has 0 aliphatic heterocycles. The van der Waals surface area contributed by atoms with Crippen molar-refractivity contribution in [3.63, 3.8) is 0 Å². The predicted octanol–water partition coefficient (Wildman–Crippen LogP) is 4.06. The lowest BCUT2D eigenvalue weighted by molar-refractivity contribution is 0.124. The smallest absolute Gasteiger partial charge is 0.165 e. The van der Waals surface area contributed by atoms with Crippen LogP contribution in [0.25, 0.3) is 0 Å². The molecule has 0 radical (unpaired) electrons. The summed E-state index contributed by atoms with van der Waals surface area (Å²) in [4.78, 5) is 0. The molecule has 0 saturated heterocycles. The van der Waals surface area contributed by atoms with Crippen LogP contribution < -0.4 is 10.1 Å². The molecule has 0 aliphatic carbocycles. The first-order valence-electron chi connectivity index (χ1n) is 6.55. The van der Waals surface area contributed by atoms with Crippen LogP contribution in [0.3, 0.4) is 0 Å². The Morgan fingerprint density at radius 3 is 2.50 bits per heavy atom. The Balaban J connectivity index is 2.79. The van der Waals surface area contributed by atoms with Crippen molar-refractivity contribution in [2.24, 2.45) is 0 Å². The van der Waals surface area contributed by atoms with Crippen LogP contribution in [-0.4, -0.2) is 12.1 Å². The van der Waals surface area contributed by atoms with E-state index in [1.807, 2.05) is 33.8 Å². The molecule has 102 valence electrons. The molecular formula is C15H24FNO. The summed E-state index contributed by atoms with van der Waals surface area (Å²) in [6.45, 7) is 10.8. The van der Waals surface area contributed by atoms with Gasteiger partial charge in [0.25, 0.3) is 0 Å². The molecule has 0 aliphatic rings. The number of halogens is 1. The van der Waals surface area contributed by atoms with Crippen LogP contribution in [0.15, 0.2) is 18.2 Å². The zero-order chi connectivity index (χ0) is 13.8. The van der Waals surface area contributed by atoms with Crippen LogP contribution in [0.5, 0.6) is 5.75 Å². The summed E-state index contributed by atoms with van der Waals surface area (Å²) < 4.78 is 19.5. The van der Waals surface area contributed by atoms with Crippen molar-refractivity contribution in [1.29, 1.82) is 0 Å². The quantitative estimate of drug-likeness (QED) is 0.854. The van der Waals surface area contributed by atoms with E-state index in [1.54, 1.807) is 12.1 Å². The maximum Gasteiger partial charge on any atom is 0.165 e. The molecule has 1 unspecified atom stereocenters. The van der Waals surface area contributed by atoms with Gasteiger partial charge >= 0.3 is 0 Å². The topological polar surface area (TPSA) is 21.3 Å². The number of nitrogens with one attached hydrogen (secondary N) is 1. The summed E-state index contributed by atoms with van der Waals surface area (Å²) in [7, 11) is 0. The molecule has 0 bridgehead atoms. The van der Waals surface area contributed by atoms with Gasteiger partial charge in [-0.25, -0.2) is 4.39 Å². The van der Waals surface area contributed by atoms with E-state index in [-0.39, 0.29) is 17.5 Å². The highest BCUT2D eigenvalue weighted by Gasteiger charge is 2.16. The van der Waals surface area contributed by atoms with Crippen LogP contribution >= 0.6 is 0 Å². The van der Waals surface area contributed by atoms with Crippen molar-refractivity contribution in [3.8, 4) is 5.75 Å². The van der Waals surface area contributed by atoms with Gasteiger partial charge in [-0.2, -0.15) is 0 Å². The molecule has 1 atom stereocenters. The van der Waals surface area contributed by atoms with Gasteiger partial charge < -0.3 is 10.1 Å². The maximum atomic E-state index is 13.9. The summed E-state index contributed by atoms with van der Waals surface area (Å²) in [5.74, 6) is 0.0153. The van der Waals surface area contributed by atoms with Gasteiger partial charge in [-0.05, 0) is 58.4 Å². The largest absolute Gasteiger partial charge is 0.485 e. The molecule has 1 aromatic rings. The second kappa shape index (κ2) is 6.19. The van der Waals surface area contributed by atoms with Gasteiger partial charge in [-0.3, -0.25) is 0 Å². The Labute approximate surface area is 110 Å². The average molecular weight is 253 g/mol. The molecule has 1 N–H and O–H groups in total. The van der Waals surface area contributed by atoms with Gasteiger partial charge in [-0.15, -0.1) is 0 Å². The molecule has 0 saturated carbocycles. The van der Waals surface area contributed by atoms with Gasteiger partial charge in [0.15, 0.2) is 11.6 Å². The lowest BCUT2D eigenvalue weighted by Gasteiger charge is -2.22. The SMILES string of the molecule is CCCNC(C)c1ccc(OC(C)(C)C)c(F)c1. The summed E-state index contributed by atoms with van der Waals surface area (Å²) in [5, 5.41) is 3.34. The maximum absolute atomic E-state index is 13.9. The number of benzene rings is 1. The third kappa shape index (κ3) is 4.65. The number of rotatable bonds is 5. The van der Waals surface area contributed by atoms with Crippen molar-refractivity contribution in [2.75, 3.05) is 6.54 Å². The van der Waals surface area contributed by atoms with E-state index in [9.17, 15) is 4.39 Å². The Kier molecular flexibility index (Phi) is 5.15. The second-order valence-corrected chi connectivity index (χ2v) is 5.58. The minimum absolute atomic E-state index is 0.156. The molecule has 0 aromatic heterocycles. The number of hydrogen-bond donors (Lipinski definition) is 1. The van der Waals surface area contributed by atoms with Crippen LogP contribution in [0.2, 0.25) is 0 Å². The molecule has 1 aromatic carbocycles. The van der Waals surface area contributed by atoms with Crippen molar-refractivity contribution in [2.45, 2.75) is 52.7 Å². The third-order valence-electron chi connectivity index (χ3n) is 2.57. The molecular weight excluding hydrogens is 229 g/mol. The first-order valence-corrected chi connectivity index (χ1v) is 6.55. The Morgan fingerprint density at radius 1 is 1.33 bits per heavy atom. The Hall–Kier alpha value is -1.09. The highest BCUT2D eigenvalue weighted by molar-refractivity contribution is 5.31. The molecule has 0 spiro atoms. The highest BCUT2D eigenvalue weighted by atomic mass is 19.1. The fourth-order valence-corrected chi connectivity index (χ4v) is 1.68. The lowest BCUT2D eigenvalue weighted by Crippen LogP contribution is -2.24. The molecule has 0 fully saturated rings. The highest BCUT2D eigenvalue weighted by Crippen LogP contribution is 2.25. The van der Waals surface area contributed by atoms with E-state index in [0.29, 0.717) is 5.75 Å². The molecule has 0 amide bonds. The minimum Gasteiger partial charge on any atom is -0.485 e. The third-order valence-corrected chi connectivity index (χ3v) is 2.57. The zero-order valence-corrected chi connectivity index (χ0v) is 12.0. The van der Waals surface area contributed by atoms with Crippen LogP contribution in [-0.2, 0) is 0 Å². The van der Waals surface area contributed by atoms with Gasteiger partial charge in [0.2, 0.25) is 0 Å². The fraction of sp³-hybridized carbons (Fsp3) is 0.600. The van der Waals surface area contributed by atoms with Crippen molar-refractivity contribution >= 4 is 0 Å².